The van der Waals surface area contributed by atoms with Crippen LogP contribution in [-0.4, -0.2) is 36.4 Å². The van der Waals surface area contributed by atoms with Crippen molar-refractivity contribution in [3.05, 3.63) is 28.8 Å². The van der Waals surface area contributed by atoms with Gasteiger partial charge in [-0.2, -0.15) is 0 Å². The molecule has 0 aliphatic carbocycles. The van der Waals surface area contributed by atoms with Gasteiger partial charge in [0.15, 0.2) is 9.84 Å². The van der Waals surface area contributed by atoms with Gasteiger partial charge < -0.3 is 10.4 Å². The zero-order valence-electron chi connectivity index (χ0n) is 11.0. The van der Waals surface area contributed by atoms with E-state index in [0.29, 0.717) is 19.3 Å². The van der Waals surface area contributed by atoms with Gasteiger partial charge in [0.1, 0.15) is 5.25 Å². The first-order valence-electron chi connectivity index (χ1n) is 6.36. The summed E-state index contributed by atoms with van der Waals surface area (Å²) in [5.74, 6) is -1.76. The van der Waals surface area contributed by atoms with Gasteiger partial charge in [0, 0.05) is 5.69 Å². The molecule has 1 amide bonds. The van der Waals surface area contributed by atoms with E-state index < -0.39 is 27.0 Å². The van der Waals surface area contributed by atoms with E-state index in [0.717, 1.165) is 0 Å². The summed E-state index contributed by atoms with van der Waals surface area (Å²) in [6.45, 7) is 0. The third-order valence-corrected chi connectivity index (χ3v) is 5.83. The number of rotatable bonds is 3. The fourth-order valence-electron chi connectivity index (χ4n) is 2.24. The standard InChI is InChI=1S/C13H14ClNO5S/c14-10-7-8(4-5-9(10)13(17)18)15-12(16)11-3-1-2-6-21(11,19)20/h4-5,7,11H,1-3,6H2,(H,15,16)(H,17,18). The number of aromatic carboxylic acids is 1. The summed E-state index contributed by atoms with van der Waals surface area (Å²) in [5.41, 5.74) is 0.190. The zero-order chi connectivity index (χ0) is 15.6. The molecule has 2 rings (SSSR count). The summed E-state index contributed by atoms with van der Waals surface area (Å²) in [5, 5.41) is 10.3. The first kappa shape index (κ1) is 15.8. The number of amides is 1. The molecule has 114 valence electrons. The maximum Gasteiger partial charge on any atom is 0.337 e. The maximum absolute atomic E-state index is 12.1. The van der Waals surface area contributed by atoms with Gasteiger partial charge in [-0.05, 0) is 31.0 Å². The molecule has 0 saturated carbocycles. The minimum Gasteiger partial charge on any atom is -0.478 e. The van der Waals surface area contributed by atoms with Crippen molar-refractivity contribution in [3.63, 3.8) is 0 Å². The van der Waals surface area contributed by atoms with Gasteiger partial charge in [0.25, 0.3) is 0 Å². The predicted molar refractivity (Wildman–Crippen MR) is 78.5 cm³/mol. The highest BCUT2D eigenvalue weighted by Crippen LogP contribution is 2.24. The summed E-state index contributed by atoms with van der Waals surface area (Å²) in [4.78, 5) is 22.9. The Bertz CT molecular complexity index is 686. The predicted octanol–water partition coefficient (Wildman–Crippen LogP) is 1.94. The minimum absolute atomic E-state index is 0.0177. The Morgan fingerprint density at radius 1 is 1.29 bits per heavy atom. The number of carboxylic acids is 1. The van der Waals surface area contributed by atoms with E-state index in [1.165, 1.54) is 18.2 Å². The second-order valence-electron chi connectivity index (χ2n) is 4.84. The quantitative estimate of drug-likeness (QED) is 0.881. The lowest BCUT2D eigenvalue weighted by atomic mass is 10.1. The van der Waals surface area contributed by atoms with Crippen molar-refractivity contribution in [2.45, 2.75) is 24.5 Å². The van der Waals surface area contributed by atoms with Crippen molar-refractivity contribution in [2.75, 3.05) is 11.1 Å². The molecule has 8 heteroatoms. The number of hydrogen-bond acceptors (Lipinski definition) is 4. The molecule has 1 aliphatic rings. The monoisotopic (exact) mass is 331 g/mol. The van der Waals surface area contributed by atoms with Crippen LogP contribution < -0.4 is 5.32 Å². The Kier molecular flexibility index (Phi) is 4.53. The fourth-order valence-corrected chi connectivity index (χ4v) is 4.30. The van der Waals surface area contributed by atoms with Crippen LogP contribution in [0.25, 0.3) is 0 Å². The third kappa shape index (κ3) is 3.54. The number of hydrogen-bond donors (Lipinski definition) is 2. The van der Waals surface area contributed by atoms with Crippen LogP contribution in [0.4, 0.5) is 5.69 Å². The molecule has 1 aromatic rings. The highest BCUT2D eigenvalue weighted by molar-refractivity contribution is 7.92. The van der Waals surface area contributed by atoms with Gasteiger partial charge in [-0.25, -0.2) is 13.2 Å². The van der Waals surface area contributed by atoms with Crippen molar-refractivity contribution < 1.29 is 23.1 Å². The molecule has 1 fully saturated rings. The molecule has 1 aliphatic heterocycles. The van der Waals surface area contributed by atoms with E-state index in [9.17, 15) is 18.0 Å². The molecule has 1 saturated heterocycles. The third-order valence-electron chi connectivity index (χ3n) is 3.34. The molecule has 1 heterocycles. The van der Waals surface area contributed by atoms with Gasteiger partial charge in [-0.1, -0.05) is 18.0 Å². The van der Waals surface area contributed by atoms with E-state index in [-0.39, 0.29) is 22.0 Å². The first-order chi connectivity index (χ1) is 9.81. The first-order valence-corrected chi connectivity index (χ1v) is 8.46. The number of benzene rings is 1. The molecule has 0 spiro atoms. The number of anilines is 1. The van der Waals surface area contributed by atoms with Crippen molar-refractivity contribution >= 4 is 39.0 Å². The molecular weight excluding hydrogens is 318 g/mol. The smallest absolute Gasteiger partial charge is 0.337 e. The molecule has 21 heavy (non-hydrogen) atoms. The van der Waals surface area contributed by atoms with Crippen molar-refractivity contribution in [2.24, 2.45) is 0 Å². The maximum atomic E-state index is 12.1. The number of carboxylic acid groups (broad SMARTS) is 1. The summed E-state index contributed by atoms with van der Waals surface area (Å²) in [6.07, 6.45) is 1.57. The van der Waals surface area contributed by atoms with Crippen LogP contribution in [-0.2, 0) is 14.6 Å². The number of carbonyl (C=O) groups is 2. The summed E-state index contributed by atoms with van der Waals surface area (Å²) >= 11 is 5.80. The molecular formula is C13H14ClNO5S. The van der Waals surface area contributed by atoms with Crippen molar-refractivity contribution in [1.29, 1.82) is 0 Å². The number of carbonyl (C=O) groups excluding carboxylic acids is 1. The van der Waals surface area contributed by atoms with Crippen LogP contribution in [0.2, 0.25) is 5.02 Å². The van der Waals surface area contributed by atoms with Crippen LogP contribution in [0.3, 0.4) is 0 Å². The Balaban J connectivity index is 2.16. The number of halogens is 1. The van der Waals surface area contributed by atoms with Crippen LogP contribution in [0.5, 0.6) is 0 Å². The molecule has 0 radical (unpaired) electrons. The molecule has 1 unspecified atom stereocenters. The Hall–Kier alpha value is -1.60. The zero-order valence-corrected chi connectivity index (χ0v) is 12.6. The van der Waals surface area contributed by atoms with E-state index in [1.54, 1.807) is 0 Å². The lowest BCUT2D eigenvalue weighted by Gasteiger charge is -2.21. The molecule has 1 atom stereocenters. The lowest BCUT2D eigenvalue weighted by molar-refractivity contribution is -0.116. The highest BCUT2D eigenvalue weighted by atomic mass is 35.5. The minimum atomic E-state index is -3.41. The van der Waals surface area contributed by atoms with Gasteiger partial charge in [0.2, 0.25) is 5.91 Å². The van der Waals surface area contributed by atoms with Crippen LogP contribution in [0.15, 0.2) is 18.2 Å². The molecule has 6 nitrogen and oxygen atoms in total. The van der Waals surface area contributed by atoms with Crippen LogP contribution in [0, 0.1) is 0 Å². The van der Waals surface area contributed by atoms with Gasteiger partial charge >= 0.3 is 5.97 Å². The van der Waals surface area contributed by atoms with Crippen LogP contribution >= 0.6 is 11.6 Å². The topological polar surface area (TPSA) is 101 Å². The summed E-state index contributed by atoms with van der Waals surface area (Å²) in [7, 11) is -3.41. The second kappa shape index (κ2) is 6.03. The average molecular weight is 332 g/mol. The Morgan fingerprint density at radius 2 is 2.00 bits per heavy atom. The van der Waals surface area contributed by atoms with Crippen molar-refractivity contribution in [3.8, 4) is 0 Å². The number of sulfone groups is 1. The number of nitrogens with one attached hydrogen (secondary N) is 1. The van der Waals surface area contributed by atoms with Crippen molar-refractivity contribution in [1.82, 2.24) is 0 Å². The molecule has 1 aromatic carbocycles. The van der Waals surface area contributed by atoms with E-state index in [4.69, 9.17) is 16.7 Å². The average Bonchev–Trinajstić information content (AvgIpc) is 2.37. The fraction of sp³-hybridized carbons (Fsp3) is 0.385. The van der Waals surface area contributed by atoms with Gasteiger partial charge in [0.05, 0.1) is 16.3 Å². The largest absolute Gasteiger partial charge is 0.478 e. The highest BCUT2D eigenvalue weighted by Gasteiger charge is 2.34. The summed E-state index contributed by atoms with van der Waals surface area (Å²) < 4.78 is 23.7. The lowest BCUT2D eigenvalue weighted by Crippen LogP contribution is -2.39. The van der Waals surface area contributed by atoms with E-state index >= 15 is 0 Å². The van der Waals surface area contributed by atoms with Gasteiger partial charge in [-0.3, -0.25) is 4.79 Å². The van der Waals surface area contributed by atoms with Crippen LogP contribution in [0.1, 0.15) is 29.6 Å². The Labute approximate surface area is 127 Å². The Morgan fingerprint density at radius 3 is 2.57 bits per heavy atom. The molecule has 2 N–H and O–H groups in total. The molecule has 0 aromatic heterocycles. The van der Waals surface area contributed by atoms with E-state index in [2.05, 4.69) is 5.32 Å². The van der Waals surface area contributed by atoms with E-state index in [1.807, 2.05) is 0 Å². The summed E-state index contributed by atoms with van der Waals surface area (Å²) in [6, 6.07) is 3.93. The second-order valence-corrected chi connectivity index (χ2v) is 7.55. The SMILES string of the molecule is O=C(O)c1ccc(NC(=O)C2CCCCS2(=O)=O)cc1Cl. The molecule has 0 bridgehead atoms. The van der Waals surface area contributed by atoms with Gasteiger partial charge in [-0.15, -0.1) is 0 Å². The normalized spacial score (nSPS) is 20.7.